The number of nitrogens with zero attached hydrogens (tertiary/aromatic N) is 3. The smallest absolute Gasteiger partial charge is 0.216 e. The van der Waals surface area contributed by atoms with Gasteiger partial charge in [-0.05, 0) is 42.9 Å². The van der Waals surface area contributed by atoms with Crippen molar-refractivity contribution in [2.75, 3.05) is 6.61 Å². The van der Waals surface area contributed by atoms with Gasteiger partial charge in [-0.2, -0.15) is 14.9 Å². The molecule has 0 saturated heterocycles. The van der Waals surface area contributed by atoms with Gasteiger partial charge in [0.25, 0.3) is 0 Å². The summed E-state index contributed by atoms with van der Waals surface area (Å²) in [5, 5.41) is 20.0. The molecule has 0 bridgehead atoms. The van der Waals surface area contributed by atoms with E-state index in [-0.39, 0.29) is 5.75 Å². The first kappa shape index (κ1) is 12.3. The Balaban J connectivity index is 2.24. The summed E-state index contributed by atoms with van der Waals surface area (Å²) in [6.07, 6.45) is 3.08. The maximum absolute atomic E-state index is 9.56. The zero-order chi connectivity index (χ0) is 13.0. The Morgan fingerprint density at radius 1 is 1.61 bits per heavy atom. The normalized spacial score (nSPS) is 10.9. The number of benzene rings is 1. The van der Waals surface area contributed by atoms with Crippen LogP contribution in [0.1, 0.15) is 12.5 Å². The van der Waals surface area contributed by atoms with Crippen molar-refractivity contribution in [3.05, 3.63) is 34.9 Å². The summed E-state index contributed by atoms with van der Waals surface area (Å²) in [6, 6.07) is 4.98. The first-order chi connectivity index (χ1) is 8.70. The standard InChI is InChI=1S/C11H12N4O2S/c1-2-17-10-5-8(3-4-9(10)16)6-13-15-7-12-14-11(15)18/h3-7,16H,2H2,1H3,(H,14,18)/b13-6+. The number of aromatic amines is 1. The van der Waals surface area contributed by atoms with E-state index in [0.717, 1.165) is 5.56 Å². The highest BCUT2D eigenvalue weighted by Gasteiger charge is 2.02. The highest BCUT2D eigenvalue weighted by atomic mass is 32.1. The van der Waals surface area contributed by atoms with Crippen LogP contribution in [0.15, 0.2) is 29.6 Å². The number of aromatic hydroxyl groups is 1. The van der Waals surface area contributed by atoms with Gasteiger partial charge in [0.2, 0.25) is 4.77 Å². The molecule has 1 aromatic heterocycles. The van der Waals surface area contributed by atoms with Gasteiger partial charge in [-0.15, -0.1) is 0 Å². The third-order valence-corrected chi connectivity index (χ3v) is 2.43. The first-order valence-corrected chi connectivity index (χ1v) is 5.73. The SMILES string of the molecule is CCOc1cc(/C=N/n2cn[nH]c2=S)ccc1O. The Bertz CT molecular complexity index is 618. The largest absolute Gasteiger partial charge is 0.504 e. The zero-order valence-electron chi connectivity index (χ0n) is 9.70. The van der Waals surface area contributed by atoms with Crippen molar-refractivity contribution in [2.45, 2.75) is 6.92 Å². The fourth-order valence-corrected chi connectivity index (χ4v) is 1.48. The third kappa shape index (κ3) is 2.75. The molecular formula is C11H12N4O2S. The number of phenols is 1. The lowest BCUT2D eigenvalue weighted by molar-refractivity contribution is 0.318. The minimum absolute atomic E-state index is 0.105. The van der Waals surface area contributed by atoms with Crippen molar-refractivity contribution in [3.63, 3.8) is 0 Å². The number of H-pyrrole nitrogens is 1. The van der Waals surface area contributed by atoms with E-state index >= 15 is 0 Å². The Kier molecular flexibility index (Phi) is 3.73. The van der Waals surface area contributed by atoms with E-state index in [2.05, 4.69) is 15.3 Å². The van der Waals surface area contributed by atoms with Crippen molar-refractivity contribution in [3.8, 4) is 11.5 Å². The van der Waals surface area contributed by atoms with Crippen LogP contribution in [0.3, 0.4) is 0 Å². The van der Waals surface area contributed by atoms with Crippen LogP contribution in [0.5, 0.6) is 11.5 Å². The molecule has 18 heavy (non-hydrogen) atoms. The molecule has 0 spiro atoms. The molecule has 0 unspecified atom stereocenters. The minimum Gasteiger partial charge on any atom is -0.504 e. The lowest BCUT2D eigenvalue weighted by atomic mass is 10.2. The monoisotopic (exact) mass is 264 g/mol. The van der Waals surface area contributed by atoms with Crippen LogP contribution < -0.4 is 4.74 Å². The van der Waals surface area contributed by atoms with Crippen molar-refractivity contribution >= 4 is 18.4 Å². The second-order valence-electron chi connectivity index (χ2n) is 3.41. The van der Waals surface area contributed by atoms with Gasteiger partial charge in [0, 0.05) is 0 Å². The Morgan fingerprint density at radius 2 is 2.44 bits per heavy atom. The summed E-state index contributed by atoms with van der Waals surface area (Å²) in [4.78, 5) is 0. The molecule has 1 heterocycles. The fourth-order valence-electron chi connectivity index (χ4n) is 1.34. The van der Waals surface area contributed by atoms with Gasteiger partial charge in [-0.3, -0.25) is 5.10 Å². The van der Waals surface area contributed by atoms with Crippen LogP contribution in [0, 0.1) is 4.77 Å². The van der Waals surface area contributed by atoms with E-state index in [1.807, 2.05) is 6.92 Å². The second kappa shape index (κ2) is 5.46. The maximum atomic E-state index is 9.56. The second-order valence-corrected chi connectivity index (χ2v) is 3.80. The lowest BCUT2D eigenvalue weighted by Crippen LogP contribution is -1.94. The van der Waals surface area contributed by atoms with E-state index in [4.69, 9.17) is 17.0 Å². The third-order valence-electron chi connectivity index (χ3n) is 2.15. The van der Waals surface area contributed by atoms with Crippen molar-refractivity contribution in [1.82, 2.24) is 14.9 Å². The van der Waals surface area contributed by atoms with Crippen molar-refractivity contribution in [1.29, 1.82) is 0 Å². The molecule has 2 rings (SSSR count). The number of nitrogens with one attached hydrogen (secondary N) is 1. The van der Waals surface area contributed by atoms with E-state index in [1.54, 1.807) is 24.4 Å². The van der Waals surface area contributed by atoms with E-state index in [9.17, 15) is 5.11 Å². The number of hydrogen-bond acceptors (Lipinski definition) is 5. The van der Waals surface area contributed by atoms with E-state index < -0.39 is 0 Å². The molecule has 0 aliphatic heterocycles. The average molecular weight is 264 g/mol. The van der Waals surface area contributed by atoms with Crippen LogP contribution >= 0.6 is 12.2 Å². The predicted octanol–water partition coefficient (Wildman–Crippen LogP) is 1.93. The summed E-state index contributed by atoms with van der Waals surface area (Å²) >= 11 is 4.96. The molecule has 94 valence electrons. The van der Waals surface area contributed by atoms with Gasteiger partial charge in [-0.25, -0.2) is 0 Å². The topological polar surface area (TPSA) is 75.4 Å². The van der Waals surface area contributed by atoms with E-state index in [0.29, 0.717) is 17.1 Å². The van der Waals surface area contributed by atoms with Gasteiger partial charge in [0.1, 0.15) is 6.33 Å². The molecule has 0 amide bonds. The first-order valence-electron chi connectivity index (χ1n) is 5.33. The zero-order valence-corrected chi connectivity index (χ0v) is 10.5. The molecule has 7 heteroatoms. The molecule has 0 saturated carbocycles. The van der Waals surface area contributed by atoms with Gasteiger partial charge >= 0.3 is 0 Å². The molecule has 1 aromatic carbocycles. The number of ether oxygens (including phenoxy) is 1. The van der Waals surface area contributed by atoms with Crippen LogP contribution in [-0.4, -0.2) is 32.8 Å². The molecule has 2 N–H and O–H groups in total. The van der Waals surface area contributed by atoms with Gasteiger partial charge < -0.3 is 9.84 Å². The van der Waals surface area contributed by atoms with Crippen molar-refractivity contribution < 1.29 is 9.84 Å². The average Bonchev–Trinajstić information content (AvgIpc) is 2.76. The van der Waals surface area contributed by atoms with Gasteiger partial charge in [0.15, 0.2) is 11.5 Å². The summed E-state index contributed by atoms with van der Waals surface area (Å²) in [5.74, 6) is 0.533. The molecule has 0 aliphatic carbocycles. The molecule has 6 nitrogen and oxygen atoms in total. The highest BCUT2D eigenvalue weighted by Crippen LogP contribution is 2.26. The van der Waals surface area contributed by atoms with Gasteiger partial charge in [-0.1, -0.05) is 0 Å². The summed E-state index contributed by atoms with van der Waals surface area (Å²) < 4.78 is 7.13. The summed E-state index contributed by atoms with van der Waals surface area (Å²) in [5.41, 5.74) is 0.791. The number of rotatable bonds is 4. The van der Waals surface area contributed by atoms with E-state index in [1.165, 1.54) is 11.0 Å². The fraction of sp³-hybridized carbons (Fsp3) is 0.182. The molecular weight excluding hydrogens is 252 g/mol. The summed E-state index contributed by atoms with van der Waals surface area (Å²) in [7, 11) is 0. The number of aromatic nitrogens is 3. The molecule has 0 atom stereocenters. The Morgan fingerprint density at radius 3 is 3.11 bits per heavy atom. The molecule has 0 aliphatic rings. The molecule has 0 radical (unpaired) electrons. The maximum Gasteiger partial charge on any atom is 0.216 e. The Hall–Kier alpha value is -2.15. The highest BCUT2D eigenvalue weighted by molar-refractivity contribution is 7.71. The molecule has 0 fully saturated rings. The van der Waals surface area contributed by atoms with Crippen LogP contribution in [-0.2, 0) is 0 Å². The molecule has 2 aromatic rings. The number of phenolic OH excluding ortho intramolecular Hbond substituents is 1. The van der Waals surface area contributed by atoms with Crippen LogP contribution in [0.25, 0.3) is 0 Å². The van der Waals surface area contributed by atoms with Gasteiger partial charge in [0.05, 0.1) is 12.8 Å². The minimum atomic E-state index is 0.105. The van der Waals surface area contributed by atoms with Crippen LogP contribution in [0.2, 0.25) is 0 Å². The Labute approximate surface area is 109 Å². The van der Waals surface area contributed by atoms with Crippen LogP contribution in [0.4, 0.5) is 0 Å². The number of hydrogen-bond donors (Lipinski definition) is 2. The lowest BCUT2D eigenvalue weighted by Gasteiger charge is -2.05. The predicted molar refractivity (Wildman–Crippen MR) is 69.7 cm³/mol. The summed E-state index contributed by atoms with van der Waals surface area (Å²) in [6.45, 7) is 2.34. The quantitative estimate of drug-likeness (QED) is 0.653. The van der Waals surface area contributed by atoms with Crippen molar-refractivity contribution in [2.24, 2.45) is 5.10 Å².